The zero-order valence-electron chi connectivity index (χ0n) is 13.3. The number of benzene rings is 2. The molecule has 2 aromatic rings. The van der Waals surface area contributed by atoms with Crippen molar-refractivity contribution in [3.63, 3.8) is 0 Å². The second-order valence-electron chi connectivity index (χ2n) is 5.37. The van der Waals surface area contributed by atoms with E-state index < -0.39 is 11.9 Å². The third-order valence-corrected chi connectivity index (χ3v) is 3.84. The van der Waals surface area contributed by atoms with E-state index in [0.29, 0.717) is 23.7 Å². The van der Waals surface area contributed by atoms with Gasteiger partial charge >= 0.3 is 0 Å². The van der Waals surface area contributed by atoms with Gasteiger partial charge in [0, 0.05) is 0 Å². The van der Waals surface area contributed by atoms with E-state index in [2.05, 4.69) is 0 Å². The van der Waals surface area contributed by atoms with Gasteiger partial charge in [-0.15, -0.1) is 0 Å². The highest BCUT2D eigenvalue weighted by molar-refractivity contribution is 6.23. The Morgan fingerprint density at radius 1 is 1.12 bits per heavy atom. The fraction of sp³-hybridized carbons (Fsp3) is 0.222. The Labute approximate surface area is 139 Å². The van der Waals surface area contributed by atoms with Gasteiger partial charge in [0.25, 0.3) is 5.91 Å². The number of ether oxygens (including phenoxy) is 1. The zero-order chi connectivity index (χ0) is 17.1. The van der Waals surface area contributed by atoms with E-state index in [1.807, 2.05) is 13.0 Å². The summed E-state index contributed by atoms with van der Waals surface area (Å²) >= 11 is 0. The molecule has 1 fully saturated rings. The van der Waals surface area contributed by atoms with Crippen LogP contribution in [0.5, 0.6) is 5.75 Å². The number of amides is 2. The first-order valence-electron chi connectivity index (χ1n) is 7.75. The van der Waals surface area contributed by atoms with Crippen molar-refractivity contribution >= 4 is 23.2 Å². The fourth-order valence-corrected chi connectivity index (χ4v) is 2.74. The molecule has 6 nitrogen and oxygen atoms in total. The van der Waals surface area contributed by atoms with Gasteiger partial charge in [-0.1, -0.05) is 30.3 Å². The van der Waals surface area contributed by atoms with Crippen LogP contribution in [0.15, 0.2) is 54.6 Å². The third kappa shape index (κ3) is 2.83. The molecule has 0 aliphatic carbocycles. The molecule has 124 valence electrons. The molecular weight excluding hydrogens is 308 g/mol. The molecule has 2 aromatic carbocycles. The van der Waals surface area contributed by atoms with Gasteiger partial charge in [0.2, 0.25) is 5.91 Å². The van der Waals surface area contributed by atoms with E-state index in [0.717, 1.165) is 9.96 Å². The zero-order valence-corrected chi connectivity index (χ0v) is 13.3. The van der Waals surface area contributed by atoms with Crippen molar-refractivity contribution in [3.8, 4) is 5.75 Å². The van der Waals surface area contributed by atoms with Crippen LogP contribution in [0, 0.1) is 0 Å². The Morgan fingerprint density at radius 3 is 2.50 bits per heavy atom. The van der Waals surface area contributed by atoms with Crippen LogP contribution < -0.4 is 14.7 Å². The first-order chi connectivity index (χ1) is 11.6. The summed E-state index contributed by atoms with van der Waals surface area (Å²) in [5, 5.41) is 11.2. The van der Waals surface area contributed by atoms with Gasteiger partial charge in [-0.05, 0) is 31.2 Å². The molecule has 3 rings (SSSR count). The maximum Gasteiger partial charge on any atom is 0.259 e. The van der Waals surface area contributed by atoms with E-state index in [-0.39, 0.29) is 12.3 Å². The van der Waals surface area contributed by atoms with Crippen LogP contribution in [-0.2, 0) is 9.59 Å². The largest absolute Gasteiger partial charge is 0.492 e. The average molecular weight is 326 g/mol. The van der Waals surface area contributed by atoms with Crippen molar-refractivity contribution < 1.29 is 19.5 Å². The minimum Gasteiger partial charge on any atom is -0.492 e. The lowest BCUT2D eigenvalue weighted by Crippen LogP contribution is -2.40. The highest BCUT2D eigenvalue weighted by Gasteiger charge is 2.44. The molecule has 2 amide bonds. The Hall–Kier alpha value is -2.86. The molecule has 24 heavy (non-hydrogen) atoms. The van der Waals surface area contributed by atoms with E-state index in [9.17, 15) is 14.8 Å². The minimum atomic E-state index is -0.949. The van der Waals surface area contributed by atoms with E-state index >= 15 is 0 Å². The molecule has 1 aliphatic rings. The lowest BCUT2D eigenvalue weighted by Gasteiger charge is -2.23. The van der Waals surface area contributed by atoms with Crippen LogP contribution in [-0.4, -0.2) is 29.7 Å². The monoisotopic (exact) mass is 326 g/mol. The van der Waals surface area contributed by atoms with Crippen LogP contribution in [0.2, 0.25) is 0 Å². The summed E-state index contributed by atoms with van der Waals surface area (Å²) in [6.07, 6.45) is -0.0926. The number of nitrogens with zero attached hydrogens (tertiary/aromatic N) is 2. The van der Waals surface area contributed by atoms with Crippen LogP contribution in [0.25, 0.3) is 0 Å². The summed E-state index contributed by atoms with van der Waals surface area (Å²) < 4.78 is 5.50. The van der Waals surface area contributed by atoms with E-state index in [4.69, 9.17) is 4.74 Å². The molecule has 0 radical (unpaired) electrons. The van der Waals surface area contributed by atoms with Crippen molar-refractivity contribution in [2.75, 3.05) is 16.6 Å². The van der Waals surface area contributed by atoms with Crippen molar-refractivity contribution in [2.45, 2.75) is 19.4 Å². The Bertz CT molecular complexity index is 748. The lowest BCUT2D eigenvalue weighted by atomic mass is 10.2. The predicted molar refractivity (Wildman–Crippen MR) is 89.2 cm³/mol. The topological polar surface area (TPSA) is 70.1 Å². The lowest BCUT2D eigenvalue weighted by molar-refractivity contribution is -0.121. The van der Waals surface area contributed by atoms with Gasteiger partial charge in [0.1, 0.15) is 11.8 Å². The van der Waals surface area contributed by atoms with Crippen LogP contribution in [0.1, 0.15) is 13.3 Å². The van der Waals surface area contributed by atoms with Crippen LogP contribution in [0.3, 0.4) is 0 Å². The summed E-state index contributed by atoms with van der Waals surface area (Å²) in [5.41, 5.74) is 0.863. The summed E-state index contributed by atoms with van der Waals surface area (Å²) in [6, 6.07) is 14.6. The molecule has 0 unspecified atom stereocenters. The van der Waals surface area contributed by atoms with Gasteiger partial charge < -0.3 is 4.74 Å². The van der Waals surface area contributed by atoms with Crippen molar-refractivity contribution in [1.82, 2.24) is 0 Å². The van der Waals surface area contributed by atoms with Crippen LogP contribution >= 0.6 is 0 Å². The van der Waals surface area contributed by atoms with E-state index in [1.165, 1.54) is 0 Å². The van der Waals surface area contributed by atoms with Gasteiger partial charge in [0.05, 0.1) is 24.4 Å². The number of rotatable bonds is 5. The van der Waals surface area contributed by atoms with E-state index in [1.54, 1.807) is 48.5 Å². The molecule has 6 heteroatoms. The third-order valence-electron chi connectivity index (χ3n) is 3.84. The normalized spacial score (nSPS) is 17.2. The average Bonchev–Trinajstić information content (AvgIpc) is 2.90. The molecular formula is C18H18N2O4. The standard InChI is InChI=1S/C18H18N2O4/c1-2-24-16-11-7-6-10-14(16)19-17(21)12-15(18(19)22)20(23)13-8-4-3-5-9-13/h3-11,15,23H,2,12H2,1H3/t15-/m1/s1. The Kier molecular flexibility index (Phi) is 4.48. The number of hydroxylamine groups is 1. The predicted octanol–water partition coefficient (Wildman–Crippen LogP) is 2.61. The molecule has 0 saturated carbocycles. The first kappa shape index (κ1) is 16.0. The van der Waals surface area contributed by atoms with Gasteiger partial charge in [0.15, 0.2) is 0 Å². The molecule has 0 aromatic heterocycles. The Morgan fingerprint density at radius 2 is 1.79 bits per heavy atom. The second-order valence-corrected chi connectivity index (χ2v) is 5.37. The number of hydrogen-bond acceptors (Lipinski definition) is 5. The number of hydrogen-bond donors (Lipinski definition) is 1. The smallest absolute Gasteiger partial charge is 0.259 e. The second kappa shape index (κ2) is 6.72. The maximum atomic E-state index is 12.7. The molecule has 0 spiro atoms. The number of anilines is 2. The molecule has 0 bridgehead atoms. The maximum absolute atomic E-state index is 12.7. The number of carbonyl (C=O) groups excluding carboxylic acids is 2. The van der Waals surface area contributed by atoms with Gasteiger partial charge in [-0.2, -0.15) is 0 Å². The first-order valence-corrected chi connectivity index (χ1v) is 7.75. The molecule has 1 N–H and O–H groups in total. The fourth-order valence-electron chi connectivity index (χ4n) is 2.74. The summed E-state index contributed by atoms with van der Waals surface area (Å²) in [6.45, 7) is 2.25. The summed E-state index contributed by atoms with van der Waals surface area (Å²) in [4.78, 5) is 26.2. The highest BCUT2D eigenvalue weighted by Crippen LogP contribution is 2.33. The number of para-hydroxylation sites is 3. The number of imide groups is 1. The minimum absolute atomic E-state index is 0.0926. The van der Waals surface area contributed by atoms with Gasteiger partial charge in [-0.25, -0.2) is 9.96 Å². The van der Waals surface area contributed by atoms with Crippen molar-refractivity contribution in [2.24, 2.45) is 0 Å². The molecule has 1 atom stereocenters. The number of carbonyl (C=O) groups is 2. The van der Waals surface area contributed by atoms with Crippen molar-refractivity contribution in [3.05, 3.63) is 54.6 Å². The highest BCUT2D eigenvalue weighted by atomic mass is 16.5. The van der Waals surface area contributed by atoms with Gasteiger partial charge in [-0.3, -0.25) is 14.8 Å². The van der Waals surface area contributed by atoms with Crippen molar-refractivity contribution in [1.29, 1.82) is 0 Å². The summed E-state index contributed by atoms with van der Waals surface area (Å²) in [7, 11) is 0. The Balaban J connectivity index is 1.90. The molecule has 1 heterocycles. The quantitative estimate of drug-likeness (QED) is 0.675. The molecule has 1 aliphatic heterocycles. The van der Waals surface area contributed by atoms with Crippen LogP contribution in [0.4, 0.5) is 11.4 Å². The summed E-state index contributed by atoms with van der Waals surface area (Å²) in [5.74, 6) is -0.378. The SMILES string of the molecule is CCOc1ccccc1N1C(=O)C[C@@H](N(O)c2ccccc2)C1=O. The molecule has 1 saturated heterocycles.